The van der Waals surface area contributed by atoms with E-state index in [0.29, 0.717) is 0 Å². The number of nitrogens with zero attached hydrogens (tertiary/aromatic N) is 2. The summed E-state index contributed by atoms with van der Waals surface area (Å²) in [5.41, 5.74) is 14.3. The Bertz CT molecular complexity index is 1020. The first-order chi connectivity index (χ1) is 11.6. The van der Waals surface area contributed by atoms with Gasteiger partial charge in [0.05, 0.1) is 11.0 Å². The lowest BCUT2D eigenvalue weighted by Crippen LogP contribution is -2.13. The second kappa shape index (κ2) is 5.88. The van der Waals surface area contributed by atoms with E-state index in [4.69, 9.17) is 0 Å². The van der Waals surface area contributed by atoms with E-state index in [1.165, 1.54) is 66.3 Å². The maximum Gasteiger partial charge on any atom is 0.0524 e. The van der Waals surface area contributed by atoms with Crippen molar-refractivity contribution in [2.45, 2.75) is 55.0 Å². The van der Waals surface area contributed by atoms with Gasteiger partial charge < -0.3 is 9.47 Å². The monoisotopic (exact) mass is 336 g/mol. The molecular formula is C23H32N2. The van der Waals surface area contributed by atoms with Crippen LogP contribution in [0.2, 0.25) is 0 Å². The van der Waals surface area contributed by atoms with Crippen LogP contribution >= 0.6 is 0 Å². The molecule has 0 atom stereocenters. The molecule has 0 radical (unpaired) electrons. The van der Waals surface area contributed by atoms with Crippen molar-refractivity contribution in [1.82, 2.24) is 9.47 Å². The van der Waals surface area contributed by atoms with E-state index in [0.717, 1.165) is 6.54 Å². The van der Waals surface area contributed by atoms with E-state index in [9.17, 15) is 0 Å². The van der Waals surface area contributed by atoms with Crippen molar-refractivity contribution in [2.24, 2.45) is 7.05 Å². The molecular weight excluding hydrogens is 304 g/mol. The Morgan fingerprint density at radius 3 is 1.56 bits per heavy atom. The van der Waals surface area contributed by atoms with Crippen LogP contribution in [0.25, 0.3) is 21.8 Å². The number of rotatable bonds is 2. The van der Waals surface area contributed by atoms with Crippen molar-refractivity contribution in [1.29, 1.82) is 0 Å². The maximum atomic E-state index is 2.44. The summed E-state index contributed by atoms with van der Waals surface area (Å²) in [6.07, 6.45) is 0. The highest BCUT2D eigenvalue weighted by molar-refractivity contribution is 6.14. The number of aryl methyl sites for hydroxylation is 4. The Hall–Kier alpha value is -1.80. The minimum atomic E-state index is 0.980. The van der Waals surface area contributed by atoms with Crippen LogP contribution in [0.5, 0.6) is 0 Å². The summed E-state index contributed by atoms with van der Waals surface area (Å²) in [5.74, 6) is 0. The normalized spacial score (nSPS) is 12.1. The predicted octanol–water partition coefficient (Wildman–Crippen LogP) is 5.55. The quantitative estimate of drug-likeness (QED) is 0.595. The zero-order chi connectivity index (χ0) is 18.8. The number of benzene rings is 2. The lowest BCUT2D eigenvalue weighted by Gasteiger charge is -2.19. The molecule has 0 aliphatic heterocycles. The van der Waals surface area contributed by atoms with Gasteiger partial charge in [-0.05, 0) is 107 Å². The lowest BCUT2D eigenvalue weighted by atomic mass is 9.89. The summed E-state index contributed by atoms with van der Waals surface area (Å²) >= 11 is 0. The molecule has 3 rings (SSSR count). The summed E-state index contributed by atoms with van der Waals surface area (Å²) < 4.78 is 2.44. The van der Waals surface area contributed by atoms with Crippen LogP contribution in [0.1, 0.15) is 44.5 Å². The molecule has 134 valence electrons. The predicted molar refractivity (Wildman–Crippen MR) is 111 cm³/mol. The summed E-state index contributed by atoms with van der Waals surface area (Å²) in [6, 6.07) is 0. The molecule has 0 saturated heterocycles. The van der Waals surface area contributed by atoms with Crippen LogP contribution in [0.15, 0.2) is 0 Å². The minimum Gasteiger partial charge on any atom is -0.343 e. The van der Waals surface area contributed by atoms with Gasteiger partial charge in [-0.3, -0.25) is 0 Å². The summed E-state index contributed by atoms with van der Waals surface area (Å²) in [4.78, 5) is 2.29. The second-order valence-corrected chi connectivity index (χ2v) is 8.10. The molecule has 2 nitrogen and oxygen atoms in total. The van der Waals surface area contributed by atoms with Crippen molar-refractivity contribution in [3.05, 3.63) is 44.5 Å². The van der Waals surface area contributed by atoms with Gasteiger partial charge in [-0.25, -0.2) is 0 Å². The van der Waals surface area contributed by atoms with Crippen LogP contribution in [0, 0.1) is 48.5 Å². The first-order valence-corrected chi connectivity index (χ1v) is 9.21. The van der Waals surface area contributed by atoms with Crippen LogP contribution in [0.3, 0.4) is 0 Å². The SMILES string of the molecule is Cc1c(C)c(C)c2c(c1C)c1c(CN(C)C)c(C)c(C)c(C)c1n2C. The molecule has 0 unspecified atom stereocenters. The Labute approximate surface area is 152 Å². The number of hydrogen-bond donors (Lipinski definition) is 0. The van der Waals surface area contributed by atoms with Gasteiger partial charge in [-0.1, -0.05) is 0 Å². The molecule has 3 aromatic rings. The Balaban J connectivity index is 2.72. The van der Waals surface area contributed by atoms with E-state index >= 15 is 0 Å². The topological polar surface area (TPSA) is 8.17 Å². The Morgan fingerprint density at radius 1 is 0.600 bits per heavy atom. The highest BCUT2D eigenvalue weighted by Gasteiger charge is 2.23. The lowest BCUT2D eigenvalue weighted by molar-refractivity contribution is 0.403. The smallest absolute Gasteiger partial charge is 0.0524 e. The molecule has 0 spiro atoms. The van der Waals surface area contributed by atoms with Gasteiger partial charge in [-0.2, -0.15) is 0 Å². The van der Waals surface area contributed by atoms with Gasteiger partial charge in [0.15, 0.2) is 0 Å². The van der Waals surface area contributed by atoms with E-state index in [2.05, 4.69) is 79.1 Å². The average Bonchev–Trinajstić information content (AvgIpc) is 2.86. The molecule has 0 saturated carbocycles. The van der Waals surface area contributed by atoms with E-state index in [1.54, 1.807) is 0 Å². The molecule has 0 fully saturated rings. The molecule has 0 aliphatic carbocycles. The first kappa shape index (κ1) is 18.0. The van der Waals surface area contributed by atoms with Crippen LogP contribution in [0.4, 0.5) is 0 Å². The maximum absolute atomic E-state index is 2.44. The molecule has 2 aromatic carbocycles. The summed E-state index contributed by atoms with van der Waals surface area (Å²) in [6.45, 7) is 17.0. The van der Waals surface area contributed by atoms with Crippen molar-refractivity contribution >= 4 is 21.8 Å². The molecule has 1 heterocycles. The molecule has 25 heavy (non-hydrogen) atoms. The van der Waals surface area contributed by atoms with Crippen LogP contribution < -0.4 is 0 Å². The third-order valence-corrected chi connectivity index (χ3v) is 6.52. The number of fused-ring (bicyclic) bond motifs is 3. The zero-order valence-corrected chi connectivity index (χ0v) is 17.6. The molecule has 0 aliphatic rings. The van der Waals surface area contributed by atoms with E-state index in [-0.39, 0.29) is 0 Å². The van der Waals surface area contributed by atoms with Crippen molar-refractivity contribution in [2.75, 3.05) is 14.1 Å². The zero-order valence-electron chi connectivity index (χ0n) is 17.6. The number of aromatic nitrogens is 1. The van der Waals surface area contributed by atoms with Gasteiger partial charge in [0, 0.05) is 24.4 Å². The van der Waals surface area contributed by atoms with Crippen molar-refractivity contribution in [3.8, 4) is 0 Å². The van der Waals surface area contributed by atoms with E-state index < -0.39 is 0 Å². The number of hydrogen-bond acceptors (Lipinski definition) is 1. The molecule has 2 heteroatoms. The second-order valence-electron chi connectivity index (χ2n) is 8.10. The standard InChI is InChI=1S/C23H32N2/c1-12-13(2)17(6)22-20(16(12)5)21-19(11-24(8)9)15(4)14(3)18(7)23(21)25(22)10/h11H2,1-10H3. The van der Waals surface area contributed by atoms with Gasteiger partial charge >= 0.3 is 0 Å². The van der Waals surface area contributed by atoms with Gasteiger partial charge in [0.1, 0.15) is 0 Å². The molecule has 1 aromatic heterocycles. The van der Waals surface area contributed by atoms with Crippen LogP contribution in [-0.2, 0) is 13.6 Å². The largest absolute Gasteiger partial charge is 0.343 e. The first-order valence-electron chi connectivity index (χ1n) is 9.21. The fraction of sp³-hybridized carbons (Fsp3) is 0.478. The third kappa shape index (κ3) is 2.34. The Morgan fingerprint density at radius 2 is 1.04 bits per heavy atom. The van der Waals surface area contributed by atoms with Crippen molar-refractivity contribution < 1.29 is 0 Å². The third-order valence-electron chi connectivity index (χ3n) is 6.52. The van der Waals surface area contributed by atoms with Gasteiger partial charge in [0.2, 0.25) is 0 Å². The fourth-order valence-electron chi connectivity index (χ4n) is 4.54. The highest BCUT2D eigenvalue weighted by Crippen LogP contribution is 2.41. The fourth-order valence-corrected chi connectivity index (χ4v) is 4.54. The molecule has 0 amide bonds. The van der Waals surface area contributed by atoms with E-state index in [1.807, 2.05) is 0 Å². The van der Waals surface area contributed by atoms with Gasteiger partial charge in [-0.15, -0.1) is 0 Å². The molecule has 0 bridgehead atoms. The average molecular weight is 337 g/mol. The highest BCUT2D eigenvalue weighted by atomic mass is 15.0. The summed E-state index contributed by atoms with van der Waals surface area (Å²) in [7, 11) is 6.57. The minimum absolute atomic E-state index is 0.980. The summed E-state index contributed by atoms with van der Waals surface area (Å²) in [5, 5.41) is 2.93. The Kier molecular flexibility index (Phi) is 4.23. The van der Waals surface area contributed by atoms with Crippen molar-refractivity contribution in [3.63, 3.8) is 0 Å². The van der Waals surface area contributed by atoms with Crippen LogP contribution in [-0.4, -0.2) is 23.6 Å². The molecule has 0 N–H and O–H groups in total. The van der Waals surface area contributed by atoms with Gasteiger partial charge in [0.25, 0.3) is 0 Å².